The van der Waals surface area contributed by atoms with E-state index < -0.39 is 0 Å². The van der Waals surface area contributed by atoms with Crippen molar-refractivity contribution < 1.29 is 14.2 Å². The Balaban J connectivity index is 2.06. The first-order valence-corrected chi connectivity index (χ1v) is 9.80. The molecule has 4 rings (SSSR count). The Bertz CT molecular complexity index is 1180. The SMILES string of the molecule is COc1cccc(-n2c3c(c(=O)n(-c4cccc(OC)c4)c2=S)CCC(C)O3)c1. The predicted octanol–water partition coefficient (Wildman–Crippen LogP) is 4.09. The normalized spacial score (nSPS) is 15.3. The van der Waals surface area contributed by atoms with E-state index in [0.717, 1.165) is 12.1 Å². The highest BCUT2D eigenvalue weighted by Crippen LogP contribution is 2.30. The lowest BCUT2D eigenvalue weighted by atomic mass is 10.1. The number of fused-ring (bicyclic) bond motifs is 1. The van der Waals surface area contributed by atoms with E-state index in [2.05, 4.69) is 0 Å². The van der Waals surface area contributed by atoms with Crippen LogP contribution >= 0.6 is 12.2 Å². The summed E-state index contributed by atoms with van der Waals surface area (Å²) in [6.45, 7) is 2.00. The van der Waals surface area contributed by atoms with Gasteiger partial charge in [0, 0.05) is 12.1 Å². The summed E-state index contributed by atoms with van der Waals surface area (Å²) in [7, 11) is 3.21. The third-order valence-corrected chi connectivity index (χ3v) is 5.41. The zero-order valence-electron chi connectivity index (χ0n) is 16.5. The first-order chi connectivity index (χ1) is 14.0. The molecular weight excluding hydrogens is 388 g/mol. The smallest absolute Gasteiger partial charge is 0.265 e. The van der Waals surface area contributed by atoms with E-state index in [0.29, 0.717) is 39.8 Å². The van der Waals surface area contributed by atoms with Crippen LogP contribution in [0.3, 0.4) is 0 Å². The van der Waals surface area contributed by atoms with Crippen molar-refractivity contribution in [2.75, 3.05) is 14.2 Å². The topological polar surface area (TPSA) is 54.6 Å². The van der Waals surface area contributed by atoms with Crippen LogP contribution in [0.4, 0.5) is 0 Å². The Kier molecular flexibility index (Phi) is 5.15. The molecule has 1 aromatic heterocycles. The van der Waals surface area contributed by atoms with E-state index in [-0.39, 0.29) is 11.7 Å². The van der Waals surface area contributed by atoms with Gasteiger partial charge in [0.05, 0.1) is 37.3 Å². The van der Waals surface area contributed by atoms with Crippen molar-refractivity contribution in [2.24, 2.45) is 0 Å². The largest absolute Gasteiger partial charge is 0.497 e. The number of rotatable bonds is 4. The summed E-state index contributed by atoms with van der Waals surface area (Å²) in [5.74, 6) is 1.85. The molecule has 150 valence electrons. The number of aromatic nitrogens is 2. The average molecular weight is 410 g/mol. The van der Waals surface area contributed by atoms with Gasteiger partial charge in [0.1, 0.15) is 11.5 Å². The molecule has 1 aliphatic heterocycles. The number of hydrogen-bond donors (Lipinski definition) is 0. The molecule has 0 saturated heterocycles. The van der Waals surface area contributed by atoms with Crippen LogP contribution < -0.4 is 19.8 Å². The quantitative estimate of drug-likeness (QED) is 0.607. The summed E-state index contributed by atoms with van der Waals surface area (Å²) in [6, 6.07) is 14.8. The molecule has 6 nitrogen and oxygen atoms in total. The Morgan fingerprint density at radius 1 is 1.00 bits per heavy atom. The standard InChI is InChI=1S/C22H22N2O4S/c1-14-10-11-19-20(25)23(15-6-4-8-17(12-15)26-2)22(29)24(21(19)28-14)16-7-5-9-18(13-16)27-3/h4-9,12-14H,10-11H2,1-3H3. The average Bonchev–Trinajstić information content (AvgIpc) is 2.74. The van der Waals surface area contributed by atoms with Crippen molar-refractivity contribution >= 4 is 12.2 Å². The second kappa shape index (κ2) is 7.75. The Hall–Kier alpha value is -3.06. The molecule has 1 atom stereocenters. The fraction of sp³-hybridized carbons (Fsp3) is 0.273. The summed E-state index contributed by atoms with van der Waals surface area (Å²) in [4.78, 5) is 13.4. The van der Waals surface area contributed by atoms with Crippen molar-refractivity contribution in [3.63, 3.8) is 0 Å². The zero-order valence-corrected chi connectivity index (χ0v) is 17.4. The van der Waals surface area contributed by atoms with Crippen molar-refractivity contribution in [1.29, 1.82) is 0 Å². The van der Waals surface area contributed by atoms with Gasteiger partial charge in [-0.2, -0.15) is 0 Å². The number of ether oxygens (including phenoxy) is 3. The molecule has 29 heavy (non-hydrogen) atoms. The van der Waals surface area contributed by atoms with Crippen molar-refractivity contribution in [3.8, 4) is 28.8 Å². The maximum Gasteiger partial charge on any atom is 0.265 e. The Morgan fingerprint density at radius 2 is 1.59 bits per heavy atom. The molecule has 1 aliphatic rings. The van der Waals surface area contributed by atoms with E-state index in [1.54, 1.807) is 20.3 Å². The zero-order chi connectivity index (χ0) is 20.5. The van der Waals surface area contributed by atoms with Gasteiger partial charge in [-0.1, -0.05) is 12.1 Å². The summed E-state index contributed by atoms with van der Waals surface area (Å²) >= 11 is 5.79. The molecular formula is C22H22N2O4S. The molecule has 0 bridgehead atoms. The van der Waals surface area contributed by atoms with Gasteiger partial charge < -0.3 is 14.2 Å². The summed E-state index contributed by atoms with van der Waals surface area (Å²) in [5, 5.41) is 0. The van der Waals surface area contributed by atoms with Crippen LogP contribution in [0.25, 0.3) is 11.4 Å². The van der Waals surface area contributed by atoms with Crippen LogP contribution in [0.2, 0.25) is 0 Å². The molecule has 0 fully saturated rings. The van der Waals surface area contributed by atoms with Crippen LogP contribution in [0.15, 0.2) is 53.3 Å². The van der Waals surface area contributed by atoms with Crippen molar-refractivity contribution in [1.82, 2.24) is 9.13 Å². The van der Waals surface area contributed by atoms with Crippen molar-refractivity contribution in [2.45, 2.75) is 25.9 Å². The van der Waals surface area contributed by atoms with Gasteiger partial charge in [-0.25, -0.2) is 0 Å². The molecule has 2 heterocycles. The molecule has 1 unspecified atom stereocenters. The van der Waals surface area contributed by atoms with Crippen LogP contribution in [0.1, 0.15) is 18.9 Å². The van der Waals surface area contributed by atoms with Crippen LogP contribution in [0.5, 0.6) is 17.4 Å². The van der Waals surface area contributed by atoms with E-state index in [1.807, 2.05) is 54.0 Å². The third kappa shape index (κ3) is 3.42. The number of benzene rings is 2. The van der Waals surface area contributed by atoms with Crippen LogP contribution in [0, 0.1) is 4.77 Å². The predicted molar refractivity (Wildman–Crippen MR) is 114 cm³/mol. The Morgan fingerprint density at radius 3 is 2.17 bits per heavy atom. The van der Waals surface area contributed by atoms with E-state index in [4.69, 9.17) is 26.4 Å². The highest BCUT2D eigenvalue weighted by molar-refractivity contribution is 7.71. The van der Waals surface area contributed by atoms with Crippen LogP contribution in [-0.2, 0) is 6.42 Å². The van der Waals surface area contributed by atoms with Gasteiger partial charge >= 0.3 is 0 Å². The first kappa shape index (κ1) is 19.3. The second-order valence-electron chi connectivity index (χ2n) is 6.91. The lowest BCUT2D eigenvalue weighted by molar-refractivity contribution is 0.176. The van der Waals surface area contributed by atoms with Gasteiger partial charge in [0.25, 0.3) is 5.56 Å². The van der Waals surface area contributed by atoms with Crippen molar-refractivity contribution in [3.05, 3.63) is 69.2 Å². The first-order valence-electron chi connectivity index (χ1n) is 9.40. The van der Waals surface area contributed by atoms with Gasteiger partial charge in [-0.3, -0.25) is 13.9 Å². The van der Waals surface area contributed by atoms with E-state index in [1.165, 1.54) is 4.57 Å². The van der Waals surface area contributed by atoms with Gasteiger partial charge in [-0.15, -0.1) is 0 Å². The molecule has 0 aliphatic carbocycles. The lowest BCUT2D eigenvalue weighted by Crippen LogP contribution is -2.33. The van der Waals surface area contributed by atoms with Gasteiger partial charge in [-0.05, 0) is 56.2 Å². The van der Waals surface area contributed by atoms with E-state index >= 15 is 0 Å². The third-order valence-electron chi connectivity index (χ3n) is 5.04. The highest BCUT2D eigenvalue weighted by atomic mass is 32.1. The molecule has 2 aromatic carbocycles. The van der Waals surface area contributed by atoms with E-state index in [9.17, 15) is 4.79 Å². The summed E-state index contributed by atoms with van der Waals surface area (Å²) < 4.78 is 20.5. The minimum absolute atomic E-state index is 0.000766. The number of hydrogen-bond acceptors (Lipinski definition) is 5. The monoisotopic (exact) mass is 410 g/mol. The molecule has 3 aromatic rings. The summed E-state index contributed by atoms with van der Waals surface area (Å²) in [5.41, 5.74) is 1.88. The Labute approximate surface area is 173 Å². The molecule has 0 amide bonds. The molecule has 0 saturated carbocycles. The molecule has 0 radical (unpaired) electrons. The molecule has 7 heteroatoms. The highest BCUT2D eigenvalue weighted by Gasteiger charge is 2.26. The fourth-order valence-corrected chi connectivity index (χ4v) is 3.90. The van der Waals surface area contributed by atoms with Crippen LogP contribution in [-0.4, -0.2) is 29.5 Å². The minimum atomic E-state index is -0.163. The van der Waals surface area contributed by atoms with Gasteiger partial charge in [0.15, 0.2) is 4.77 Å². The maximum atomic E-state index is 13.4. The maximum absolute atomic E-state index is 13.4. The minimum Gasteiger partial charge on any atom is -0.497 e. The summed E-state index contributed by atoms with van der Waals surface area (Å²) in [6.07, 6.45) is 1.40. The lowest BCUT2D eigenvalue weighted by Gasteiger charge is -2.27. The number of nitrogens with zero attached hydrogens (tertiary/aromatic N) is 2. The number of methoxy groups -OCH3 is 2. The molecule has 0 N–H and O–H groups in total. The molecule has 0 spiro atoms. The van der Waals surface area contributed by atoms with Gasteiger partial charge in [0.2, 0.25) is 5.88 Å². The fourth-order valence-electron chi connectivity index (χ4n) is 3.52. The second-order valence-corrected chi connectivity index (χ2v) is 7.28.